The Hall–Kier alpha value is -1.35. The molecule has 0 fully saturated rings. The maximum atomic E-state index is 11.7. The average molecular weight is 248 g/mol. The van der Waals surface area contributed by atoms with Crippen LogP contribution < -0.4 is 10.6 Å². The van der Waals surface area contributed by atoms with Crippen molar-refractivity contribution in [2.45, 2.75) is 45.7 Å². The van der Waals surface area contributed by atoms with Crippen LogP contribution in [0.25, 0.3) is 0 Å². The van der Waals surface area contributed by atoms with Gasteiger partial charge < -0.3 is 10.6 Å². The molecule has 0 heterocycles. The van der Waals surface area contributed by atoms with E-state index in [1.807, 2.05) is 30.3 Å². The summed E-state index contributed by atoms with van der Waals surface area (Å²) < 4.78 is 0. The summed E-state index contributed by atoms with van der Waals surface area (Å²) >= 11 is 0. The first-order valence-electron chi connectivity index (χ1n) is 6.59. The lowest BCUT2D eigenvalue weighted by atomic mass is 9.99. The molecule has 1 amide bonds. The fourth-order valence-corrected chi connectivity index (χ4v) is 1.89. The van der Waals surface area contributed by atoms with Crippen LogP contribution in [-0.4, -0.2) is 18.0 Å². The van der Waals surface area contributed by atoms with Gasteiger partial charge in [0.2, 0.25) is 5.91 Å². The molecule has 0 aliphatic rings. The van der Waals surface area contributed by atoms with Crippen LogP contribution in [0, 0.1) is 0 Å². The molecule has 0 spiro atoms. The van der Waals surface area contributed by atoms with Crippen LogP contribution in [0.5, 0.6) is 0 Å². The quantitative estimate of drug-likeness (QED) is 0.778. The summed E-state index contributed by atoms with van der Waals surface area (Å²) in [6, 6.07) is 9.94. The number of carbonyl (C=O) groups is 1. The van der Waals surface area contributed by atoms with Crippen molar-refractivity contribution in [1.29, 1.82) is 0 Å². The summed E-state index contributed by atoms with van der Waals surface area (Å²) in [6.45, 7) is 7.37. The van der Waals surface area contributed by atoms with Crippen LogP contribution in [0.1, 0.15) is 39.2 Å². The summed E-state index contributed by atoms with van der Waals surface area (Å²) in [5.74, 6) is 0.0445. The van der Waals surface area contributed by atoms with Gasteiger partial charge in [0.1, 0.15) is 0 Å². The number of nitrogens with one attached hydrogen (secondary N) is 2. The Balaban J connectivity index is 2.26. The highest BCUT2D eigenvalue weighted by Crippen LogP contribution is 2.09. The number of amides is 1. The monoisotopic (exact) mass is 248 g/mol. The fourth-order valence-electron chi connectivity index (χ4n) is 1.89. The second kappa shape index (κ2) is 7.17. The summed E-state index contributed by atoms with van der Waals surface area (Å²) in [6.07, 6.45) is 2.19. The lowest BCUT2D eigenvalue weighted by Crippen LogP contribution is -2.45. The molecule has 1 aromatic rings. The Morgan fingerprint density at radius 2 is 1.89 bits per heavy atom. The highest BCUT2D eigenvalue weighted by atomic mass is 16.1. The minimum atomic E-state index is 0.0266. The van der Waals surface area contributed by atoms with Gasteiger partial charge in [0.15, 0.2) is 0 Å². The largest absolute Gasteiger partial charge is 0.351 e. The molecule has 0 saturated carbocycles. The van der Waals surface area contributed by atoms with Gasteiger partial charge in [-0.15, -0.1) is 0 Å². The van der Waals surface area contributed by atoms with Crippen molar-refractivity contribution in [3.05, 3.63) is 35.9 Å². The highest BCUT2D eigenvalue weighted by molar-refractivity contribution is 5.78. The molecule has 0 saturated heterocycles. The molecule has 0 radical (unpaired) electrons. The SMILES string of the molecule is CCCC(C)(C)NCC(=O)NCc1ccccc1. The molecule has 0 bridgehead atoms. The molecule has 1 aromatic carbocycles. The Morgan fingerprint density at radius 3 is 2.50 bits per heavy atom. The van der Waals surface area contributed by atoms with E-state index in [4.69, 9.17) is 0 Å². The van der Waals surface area contributed by atoms with E-state index >= 15 is 0 Å². The van der Waals surface area contributed by atoms with Gasteiger partial charge in [0.25, 0.3) is 0 Å². The van der Waals surface area contributed by atoms with Crippen molar-refractivity contribution in [3.63, 3.8) is 0 Å². The van der Waals surface area contributed by atoms with Gasteiger partial charge in [0, 0.05) is 12.1 Å². The van der Waals surface area contributed by atoms with Gasteiger partial charge >= 0.3 is 0 Å². The van der Waals surface area contributed by atoms with E-state index in [9.17, 15) is 4.79 Å². The molecule has 3 heteroatoms. The normalized spacial score (nSPS) is 11.3. The molecule has 0 aliphatic carbocycles. The molecule has 0 atom stereocenters. The van der Waals surface area contributed by atoms with Gasteiger partial charge in [-0.1, -0.05) is 43.7 Å². The standard InChI is InChI=1S/C15H24N2O/c1-4-10-15(2,3)17-12-14(18)16-11-13-8-6-5-7-9-13/h5-9,17H,4,10-12H2,1-3H3,(H,16,18). The molecule has 0 unspecified atom stereocenters. The van der Waals surface area contributed by atoms with Gasteiger partial charge in [-0.05, 0) is 25.8 Å². The molecule has 100 valence electrons. The van der Waals surface area contributed by atoms with E-state index in [-0.39, 0.29) is 11.4 Å². The average Bonchev–Trinajstić information content (AvgIpc) is 2.35. The van der Waals surface area contributed by atoms with E-state index in [1.54, 1.807) is 0 Å². The maximum absolute atomic E-state index is 11.7. The number of rotatable bonds is 7. The Kier molecular flexibility index (Phi) is 5.86. The summed E-state index contributed by atoms with van der Waals surface area (Å²) in [7, 11) is 0. The van der Waals surface area contributed by atoms with Crippen LogP contribution in [0.2, 0.25) is 0 Å². The van der Waals surface area contributed by atoms with Gasteiger partial charge in [-0.25, -0.2) is 0 Å². The third kappa shape index (κ3) is 5.82. The fraction of sp³-hybridized carbons (Fsp3) is 0.533. The topological polar surface area (TPSA) is 41.1 Å². The number of carbonyl (C=O) groups excluding carboxylic acids is 1. The molecule has 2 N–H and O–H groups in total. The predicted octanol–water partition coefficient (Wildman–Crippen LogP) is 2.47. The molecule has 0 aliphatic heterocycles. The van der Waals surface area contributed by atoms with Gasteiger partial charge in [-0.2, -0.15) is 0 Å². The van der Waals surface area contributed by atoms with Crippen molar-refractivity contribution in [2.75, 3.05) is 6.54 Å². The van der Waals surface area contributed by atoms with Crippen LogP contribution in [-0.2, 0) is 11.3 Å². The minimum Gasteiger partial charge on any atom is -0.351 e. The number of hydrogen-bond donors (Lipinski definition) is 2. The van der Waals surface area contributed by atoms with Gasteiger partial charge in [0.05, 0.1) is 6.54 Å². The molecule has 1 rings (SSSR count). The molecule has 3 nitrogen and oxygen atoms in total. The smallest absolute Gasteiger partial charge is 0.234 e. The van der Waals surface area contributed by atoms with Crippen molar-refractivity contribution in [3.8, 4) is 0 Å². The molecule has 18 heavy (non-hydrogen) atoms. The summed E-state index contributed by atoms with van der Waals surface area (Å²) in [5, 5.41) is 6.20. The zero-order valence-electron chi connectivity index (χ0n) is 11.6. The highest BCUT2D eigenvalue weighted by Gasteiger charge is 2.16. The van der Waals surface area contributed by atoms with Crippen LogP contribution in [0.15, 0.2) is 30.3 Å². The summed E-state index contributed by atoms with van der Waals surface area (Å²) in [5.41, 5.74) is 1.15. The Morgan fingerprint density at radius 1 is 1.22 bits per heavy atom. The third-order valence-electron chi connectivity index (χ3n) is 2.94. The number of benzene rings is 1. The second-order valence-electron chi connectivity index (χ2n) is 5.25. The lowest BCUT2D eigenvalue weighted by Gasteiger charge is -2.25. The molecular formula is C15H24N2O. The first-order chi connectivity index (χ1) is 8.53. The Bertz CT molecular complexity index is 360. The van der Waals surface area contributed by atoms with E-state index in [0.717, 1.165) is 18.4 Å². The zero-order valence-corrected chi connectivity index (χ0v) is 11.6. The minimum absolute atomic E-state index is 0.0266. The molecular weight excluding hydrogens is 224 g/mol. The summed E-state index contributed by atoms with van der Waals surface area (Å²) in [4.78, 5) is 11.7. The van der Waals surface area contributed by atoms with Crippen molar-refractivity contribution < 1.29 is 4.79 Å². The Labute approximate surface area is 110 Å². The van der Waals surface area contributed by atoms with Crippen LogP contribution in [0.3, 0.4) is 0 Å². The first kappa shape index (κ1) is 14.7. The van der Waals surface area contributed by atoms with Crippen LogP contribution in [0.4, 0.5) is 0 Å². The van der Waals surface area contributed by atoms with Gasteiger partial charge in [-0.3, -0.25) is 4.79 Å². The predicted molar refractivity (Wildman–Crippen MR) is 75.3 cm³/mol. The van der Waals surface area contributed by atoms with E-state index in [1.165, 1.54) is 0 Å². The third-order valence-corrected chi connectivity index (χ3v) is 2.94. The number of hydrogen-bond acceptors (Lipinski definition) is 2. The van der Waals surface area contributed by atoms with Crippen molar-refractivity contribution >= 4 is 5.91 Å². The lowest BCUT2D eigenvalue weighted by molar-refractivity contribution is -0.120. The van der Waals surface area contributed by atoms with E-state index < -0.39 is 0 Å². The zero-order chi connectivity index (χ0) is 13.4. The maximum Gasteiger partial charge on any atom is 0.234 e. The van der Waals surface area contributed by atoms with E-state index in [0.29, 0.717) is 13.1 Å². The first-order valence-corrected chi connectivity index (χ1v) is 6.59. The van der Waals surface area contributed by atoms with E-state index in [2.05, 4.69) is 31.4 Å². The second-order valence-corrected chi connectivity index (χ2v) is 5.25. The molecule has 0 aromatic heterocycles. The van der Waals surface area contributed by atoms with Crippen molar-refractivity contribution in [2.24, 2.45) is 0 Å². The van der Waals surface area contributed by atoms with Crippen LogP contribution >= 0.6 is 0 Å². The van der Waals surface area contributed by atoms with Crippen molar-refractivity contribution in [1.82, 2.24) is 10.6 Å².